The lowest BCUT2D eigenvalue weighted by molar-refractivity contribution is 0.116. The van der Waals surface area contributed by atoms with Crippen LogP contribution in [0.1, 0.15) is 27.2 Å². The lowest BCUT2D eigenvalue weighted by Crippen LogP contribution is -2.44. The summed E-state index contributed by atoms with van der Waals surface area (Å²) < 4.78 is 6.20. The third-order valence-electron chi connectivity index (χ3n) is 4.10. The molecule has 1 aliphatic rings. The highest BCUT2D eigenvalue weighted by molar-refractivity contribution is 6.74. The zero-order valence-corrected chi connectivity index (χ0v) is 12.9. The molecule has 0 radical (unpaired) electrons. The number of hydrogen-bond donors (Lipinski definition) is 2. The number of hydrogen-bond acceptors (Lipinski definition) is 3. The maximum absolute atomic E-state index is 11.0. The first-order valence-corrected chi connectivity index (χ1v) is 9.27. The van der Waals surface area contributed by atoms with E-state index in [4.69, 9.17) is 9.53 Å². The monoisotopic (exact) mass is 275 g/mol. The summed E-state index contributed by atoms with van der Waals surface area (Å²) in [6, 6.07) is -0.322. The van der Waals surface area contributed by atoms with Gasteiger partial charge in [0.05, 0.1) is 18.8 Å². The first kappa shape index (κ1) is 15.5. The van der Waals surface area contributed by atoms with E-state index >= 15 is 0 Å². The van der Waals surface area contributed by atoms with Crippen molar-refractivity contribution in [3.05, 3.63) is 0 Å². The Morgan fingerprint density at radius 3 is 2.33 bits per heavy atom. The first-order chi connectivity index (χ1) is 8.08. The Morgan fingerprint density at radius 1 is 1.44 bits per heavy atom. The standard InChI is InChI=1S/C12H25NO4Si/c1-12(2,3)18(4,5)17-10-6-9(8-14)13(7-10)11(15)16/h9-10,14H,6-8H2,1-5H3,(H,15,16)/t9-,10-/m0/s1. The number of amides is 1. The molecular formula is C12H25NO4Si. The molecule has 0 aliphatic carbocycles. The van der Waals surface area contributed by atoms with Crippen molar-refractivity contribution in [1.82, 2.24) is 4.90 Å². The average Bonchev–Trinajstić information content (AvgIpc) is 2.58. The van der Waals surface area contributed by atoms with Crippen molar-refractivity contribution in [1.29, 1.82) is 0 Å². The molecule has 0 bridgehead atoms. The highest BCUT2D eigenvalue weighted by atomic mass is 28.4. The quantitative estimate of drug-likeness (QED) is 0.774. The predicted molar refractivity (Wildman–Crippen MR) is 72.3 cm³/mol. The van der Waals surface area contributed by atoms with Gasteiger partial charge in [-0.2, -0.15) is 0 Å². The molecule has 1 saturated heterocycles. The van der Waals surface area contributed by atoms with Crippen molar-refractivity contribution in [2.45, 2.75) is 57.5 Å². The van der Waals surface area contributed by atoms with Gasteiger partial charge >= 0.3 is 6.09 Å². The minimum atomic E-state index is -1.88. The van der Waals surface area contributed by atoms with Crippen LogP contribution in [0.5, 0.6) is 0 Å². The van der Waals surface area contributed by atoms with Crippen LogP contribution in [0.3, 0.4) is 0 Å². The van der Waals surface area contributed by atoms with Crippen LogP contribution in [0, 0.1) is 0 Å². The highest BCUT2D eigenvalue weighted by Gasteiger charge is 2.43. The fourth-order valence-electron chi connectivity index (χ4n) is 1.96. The Labute approximate surface area is 110 Å². The smallest absolute Gasteiger partial charge is 0.407 e. The second kappa shape index (κ2) is 5.18. The van der Waals surface area contributed by atoms with E-state index in [-0.39, 0.29) is 23.8 Å². The summed E-state index contributed by atoms with van der Waals surface area (Å²) in [4.78, 5) is 12.3. The molecular weight excluding hydrogens is 250 g/mol. The summed E-state index contributed by atoms with van der Waals surface area (Å²) >= 11 is 0. The van der Waals surface area contributed by atoms with Gasteiger partial charge in [-0.25, -0.2) is 4.79 Å². The van der Waals surface area contributed by atoms with Gasteiger partial charge in [0, 0.05) is 6.54 Å². The van der Waals surface area contributed by atoms with Gasteiger partial charge in [-0.3, -0.25) is 0 Å². The van der Waals surface area contributed by atoms with Gasteiger partial charge in [-0.05, 0) is 24.6 Å². The van der Waals surface area contributed by atoms with Crippen molar-refractivity contribution in [2.24, 2.45) is 0 Å². The van der Waals surface area contributed by atoms with E-state index in [0.29, 0.717) is 13.0 Å². The third-order valence-corrected chi connectivity index (χ3v) is 8.63. The molecule has 1 heterocycles. The van der Waals surface area contributed by atoms with Crippen LogP contribution in [0.4, 0.5) is 4.79 Å². The van der Waals surface area contributed by atoms with Gasteiger partial charge in [0.25, 0.3) is 0 Å². The second-order valence-electron chi connectivity index (χ2n) is 6.51. The molecule has 1 rings (SSSR count). The molecule has 5 nitrogen and oxygen atoms in total. The van der Waals surface area contributed by atoms with Gasteiger partial charge in [0.2, 0.25) is 0 Å². The fraction of sp³-hybridized carbons (Fsp3) is 0.917. The molecule has 1 aliphatic heterocycles. The molecule has 106 valence electrons. The number of aliphatic hydroxyl groups excluding tert-OH is 1. The van der Waals surface area contributed by atoms with Crippen LogP contribution in [0.25, 0.3) is 0 Å². The number of rotatable bonds is 3. The number of nitrogens with zero attached hydrogens (tertiary/aromatic N) is 1. The largest absolute Gasteiger partial charge is 0.465 e. The zero-order chi connectivity index (χ0) is 14.1. The molecule has 1 amide bonds. The van der Waals surface area contributed by atoms with Gasteiger partial charge < -0.3 is 19.5 Å². The van der Waals surface area contributed by atoms with Crippen molar-refractivity contribution in [2.75, 3.05) is 13.2 Å². The van der Waals surface area contributed by atoms with Crippen LogP contribution in [0.2, 0.25) is 18.1 Å². The highest BCUT2D eigenvalue weighted by Crippen LogP contribution is 2.38. The van der Waals surface area contributed by atoms with Crippen molar-refractivity contribution in [3.63, 3.8) is 0 Å². The lowest BCUT2D eigenvalue weighted by Gasteiger charge is -2.38. The SMILES string of the molecule is CC(C)(C)[Si](C)(C)O[C@H]1C[C@@H](CO)N(C(=O)O)C1. The Bertz CT molecular complexity index is 314. The summed E-state index contributed by atoms with van der Waals surface area (Å²) in [5, 5.41) is 18.4. The summed E-state index contributed by atoms with van der Waals surface area (Å²) in [7, 11) is -1.88. The average molecular weight is 275 g/mol. The minimum Gasteiger partial charge on any atom is -0.465 e. The van der Waals surface area contributed by atoms with Crippen LogP contribution in [-0.2, 0) is 4.43 Å². The number of carbonyl (C=O) groups is 1. The fourth-order valence-corrected chi connectivity index (χ4v) is 3.32. The topological polar surface area (TPSA) is 70.0 Å². The Kier molecular flexibility index (Phi) is 4.45. The summed E-state index contributed by atoms with van der Waals surface area (Å²) in [6.07, 6.45) is -0.468. The molecule has 0 saturated carbocycles. The summed E-state index contributed by atoms with van der Waals surface area (Å²) in [6.45, 7) is 11.0. The molecule has 0 aromatic rings. The number of aliphatic hydroxyl groups is 1. The zero-order valence-electron chi connectivity index (χ0n) is 11.9. The second-order valence-corrected chi connectivity index (χ2v) is 11.3. The van der Waals surface area contributed by atoms with E-state index in [0.717, 1.165) is 0 Å². The summed E-state index contributed by atoms with van der Waals surface area (Å²) in [5.41, 5.74) is 0. The Hall–Kier alpha value is -0.593. The van der Waals surface area contributed by atoms with Crippen molar-refractivity contribution in [3.8, 4) is 0 Å². The molecule has 6 heteroatoms. The van der Waals surface area contributed by atoms with E-state index in [1.54, 1.807) is 0 Å². The molecule has 0 spiro atoms. The molecule has 2 atom stereocenters. The normalized spacial score (nSPS) is 25.6. The van der Waals surface area contributed by atoms with E-state index in [9.17, 15) is 9.90 Å². The van der Waals surface area contributed by atoms with Gasteiger partial charge in [0.15, 0.2) is 8.32 Å². The predicted octanol–water partition coefficient (Wildman–Crippen LogP) is 2.12. The minimum absolute atomic E-state index is 0.0841. The Morgan fingerprint density at radius 2 is 2.00 bits per heavy atom. The van der Waals surface area contributed by atoms with Crippen molar-refractivity contribution >= 4 is 14.4 Å². The maximum atomic E-state index is 11.0. The molecule has 0 aromatic heterocycles. The maximum Gasteiger partial charge on any atom is 0.407 e. The lowest BCUT2D eigenvalue weighted by atomic mass is 10.2. The third kappa shape index (κ3) is 3.24. The number of carboxylic acid groups (broad SMARTS) is 1. The first-order valence-electron chi connectivity index (χ1n) is 6.36. The van der Waals surface area contributed by atoms with Crippen LogP contribution in [0.15, 0.2) is 0 Å². The van der Waals surface area contributed by atoms with Crippen molar-refractivity contribution < 1.29 is 19.4 Å². The summed E-state index contributed by atoms with van der Waals surface area (Å²) in [5.74, 6) is 0. The van der Waals surface area contributed by atoms with Gasteiger partial charge in [-0.1, -0.05) is 20.8 Å². The molecule has 18 heavy (non-hydrogen) atoms. The number of likely N-dealkylation sites (tertiary alicyclic amines) is 1. The van der Waals surface area contributed by atoms with E-state index < -0.39 is 14.4 Å². The van der Waals surface area contributed by atoms with E-state index in [1.807, 2.05) is 0 Å². The molecule has 0 unspecified atom stereocenters. The molecule has 0 aromatic carbocycles. The van der Waals surface area contributed by atoms with Crippen LogP contribution in [-0.4, -0.2) is 54.8 Å². The van der Waals surface area contributed by atoms with E-state index in [2.05, 4.69) is 33.9 Å². The van der Waals surface area contributed by atoms with Crippen LogP contribution < -0.4 is 0 Å². The Balaban J connectivity index is 2.69. The van der Waals surface area contributed by atoms with Gasteiger partial charge in [-0.15, -0.1) is 0 Å². The molecule has 1 fully saturated rings. The van der Waals surface area contributed by atoms with Gasteiger partial charge in [0.1, 0.15) is 0 Å². The molecule has 2 N–H and O–H groups in total. The van der Waals surface area contributed by atoms with Crippen LogP contribution >= 0.6 is 0 Å². The van der Waals surface area contributed by atoms with E-state index in [1.165, 1.54) is 4.90 Å².